The van der Waals surface area contributed by atoms with Gasteiger partial charge in [0.15, 0.2) is 5.82 Å². The van der Waals surface area contributed by atoms with E-state index in [1.54, 1.807) is 24.3 Å². The summed E-state index contributed by atoms with van der Waals surface area (Å²) in [6.07, 6.45) is 0.710. The Hall–Kier alpha value is -1.31. The van der Waals surface area contributed by atoms with Crippen LogP contribution in [-0.2, 0) is 22.2 Å². The van der Waals surface area contributed by atoms with Crippen LogP contribution in [0.1, 0.15) is 19.2 Å². The van der Waals surface area contributed by atoms with Gasteiger partial charge in [0.25, 0.3) is 14.2 Å². The minimum absolute atomic E-state index is 0.0692. The lowest BCUT2D eigenvalue weighted by atomic mass is 10.3. The van der Waals surface area contributed by atoms with Gasteiger partial charge in [-0.25, -0.2) is 8.42 Å². The first-order valence-electron chi connectivity index (χ1n) is 6.17. The first kappa shape index (κ1) is 16.1. The van der Waals surface area contributed by atoms with Gasteiger partial charge in [-0.3, -0.25) is 4.57 Å². The Morgan fingerprint density at radius 1 is 1.33 bits per heavy atom. The van der Waals surface area contributed by atoms with Gasteiger partial charge in [0.2, 0.25) is 0 Å². The maximum Gasteiger partial charge on any atom is 0.296 e. The predicted molar refractivity (Wildman–Crippen MR) is 79.1 cm³/mol. The summed E-state index contributed by atoms with van der Waals surface area (Å²) in [4.78, 5) is 0. The molecule has 0 unspecified atom stereocenters. The van der Waals surface area contributed by atoms with Crippen LogP contribution in [0.4, 0.5) is 0 Å². The van der Waals surface area contributed by atoms with Gasteiger partial charge in [-0.05, 0) is 24.6 Å². The fraction of sp³-hybridized carbons (Fsp3) is 0.333. The molecule has 0 aliphatic heterocycles. The summed E-state index contributed by atoms with van der Waals surface area (Å²) >= 11 is 5.86. The zero-order chi connectivity index (χ0) is 15.5. The summed E-state index contributed by atoms with van der Waals surface area (Å²) in [5.41, 5.74) is 0. The van der Waals surface area contributed by atoms with Gasteiger partial charge in [0.1, 0.15) is 12.4 Å². The Bertz CT molecular complexity index is 731. The molecule has 6 nitrogen and oxygen atoms in total. The zero-order valence-electron chi connectivity index (χ0n) is 11.2. The van der Waals surface area contributed by atoms with Gasteiger partial charge in [-0.1, -0.05) is 24.6 Å². The van der Waals surface area contributed by atoms with E-state index in [0.717, 1.165) is 0 Å². The van der Waals surface area contributed by atoms with Gasteiger partial charge in [-0.2, -0.15) is 0 Å². The van der Waals surface area contributed by atoms with Crippen molar-refractivity contribution in [2.75, 3.05) is 0 Å². The van der Waals surface area contributed by atoms with E-state index in [9.17, 15) is 8.42 Å². The van der Waals surface area contributed by atoms with E-state index < -0.39 is 9.05 Å². The van der Waals surface area contributed by atoms with Crippen LogP contribution in [-0.4, -0.2) is 23.2 Å². The van der Waals surface area contributed by atoms with Crippen molar-refractivity contribution in [3.63, 3.8) is 0 Å². The van der Waals surface area contributed by atoms with Crippen LogP contribution >= 0.6 is 22.3 Å². The van der Waals surface area contributed by atoms with E-state index in [2.05, 4.69) is 10.2 Å². The molecule has 0 bridgehead atoms. The van der Waals surface area contributed by atoms with E-state index in [1.165, 1.54) is 4.57 Å². The second-order valence-electron chi connectivity index (χ2n) is 4.23. The second-order valence-corrected chi connectivity index (χ2v) is 7.13. The smallest absolute Gasteiger partial charge is 0.296 e. The molecule has 21 heavy (non-hydrogen) atoms. The molecule has 0 aliphatic carbocycles. The molecule has 1 aromatic heterocycles. The van der Waals surface area contributed by atoms with Crippen molar-refractivity contribution in [3.8, 4) is 5.75 Å². The van der Waals surface area contributed by atoms with E-state index in [-0.39, 0.29) is 11.8 Å². The minimum Gasteiger partial charge on any atom is -0.486 e. The second kappa shape index (κ2) is 6.64. The molecule has 0 fully saturated rings. The van der Waals surface area contributed by atoms with E-state index in [1.807, 2.05) is 6.92 Å². The number of benzene rings is 1. The summed E-state index contributed by atoms with van der Waals surface area (Å²) in [6, 6.07) is 6.88. The molecule has 0 saturated heterocycles. The zero-order valence-corrected chi connectivity index (χ0v) is 13.5. The number of hydrogen-bond acceptors (Lipinski definition) is 5. The van der Waals surface area contributed by atoms with Crippen molar-refractivity contribution in [3.05, 3.63) is 35.1 Å². The Morgan fingerprint density at radius 2 is 2.10 bits per heavy atom. The van der Waals surface area contributed by atoms with Gasteiger partial charge in [0, 0.05) is 22.2 Å². The number of halogens is 2. The summed E-state index contributed by atoms with van der Waals surface area (Å²) in [7, 11) is 1.40. The third-order valence-corrected chi connectivity index (χ3v) is 4.01. The lowest BCUT2D eigenvalue weighted by molar-refractivity contribution is 0.287. The highest BCUT2D eigenvalue weighted by atomic mass is 35.7. The van der Waals surface area contributed by atoms with Gasteiger partial charge in [0.05, 0.1) is 0 Å². The number of nitrogens with zero attached hydrogens (tertiary/aromatic N) is 3. The maximum atomic E-state index is 11.4. The van der Waals surface area contributed by atoms with Crippen LogP contribution in [0.25, 0.3) is 0 Å². The first-order chi connectivity index (χ1) is 9.91. The van der Waals surface area contributed by atoms with E-state index in [4.69, 9.17) is 27.0 Å². The van der Waals surface area contributed by atoms with Crippen LogP contribution in [0, 0.1) is 0 Å². The van der Waals surface area contributed by atoms with Crippen molar-refractivity contribution in [1.29, 1.82) is 0 Å². The van der Waals surface area contributed by atoms with Gasteiger partial charge < -0.3 is 4.74 Å². The average Bonchev–Trinajstić information content (AvgIpc) is 2.80. The monoisotopic (exact) mass is 349 g/mol. The van der Waals surface area contributed by atoms with E-state index in [0.29, 0.717) is 29.6 Å². The molecule has 0 N–H and O–H groups in total. The highest BCUT2D eigenvalue weighted by molar-refractivity contribution is 8.13. The van der Waals surface area contributed by atoms with Crippen LogP contribution in [0.15, 0.2) is 29.4 Å². The fourth-order valence-corrected chi connectivity index (χ4v) is 2.88. The summed E-state index contributed by atoms with van der Waals surface area (Å²) in [5.74, 6) is 0.944. The minimum atomic E-state index is -3.94. The highest BCUT2D eigenvalue weighted by Gasteiger charge is 2.22. The predicted octanol–water partition coefficient (Wildman–Crippen LogP) is 2.85. The molecule has 114 valence electrons. The summed E-state index contributed by atoms with van der Waals surface area (Å²) in [6.45, 7) is 2.41. The molecule has 0 radical (unpaired) electrons. The van der Waals surface area contributed by atoms with Crippen LogP contribution in [0.2, 0.25) is 5.02 Å². The number of aromatic nitrogens is 3. The first-order valence-corrected chi connectivity index (χ1v) is 8.85. The van der Waals surface area contributed by atoms with Crippen LogP contribution < -0.4 is 4.74 Å². The van der Waals surface area contributed by atoms with Gasteiger partial charge in [-0.15, -0.1) is 10.2 Å². The lowest BCUT2D eigenvalue weighted by Crippen LogP contribution is -2.11. The van der Waals surface area contributed by atoms with Crippen molar-refractivity contribution < 1.29 is 13.2 Å². The quantitative estimate of drug-likeness (QED) is 0.749. The Kier molecular flexibility index (Phi) is 5.08. The largest absolute Gasteiger partial charge is 0.486 e. The van der Waals surface area contributed by atoms with Crippen molar-refractivity contribution >= 4 is 31.3 Å². The third kappa shape index (κ3) is 4.09. The van der Waals surface area contributed by atoms with Crippen molar-refractivity contribution in [2.45, 2.75) is 31.7 Å². The fourth-order valence-electron chi connectivity index (χ4n) is 1.76. The number of ether oxygens (including phenoxy) is 1. The molecule has 0 atom stereocenters. The summed E-state index contributed by atoms with van der Waals surface area (Å²) in [5, 5.41) is 7.73. The number of hydrogen-bond donors (Lipinski definition) is 0. The molecule has 0 spiro atoms. The van der Waals surface area contributed by atoms with Crippen molar-refractivity contribution in [1.82, 2.24) is 14.8 Å². The topological polar surface area (TPSA) is 74.1 Å². The standard InChI is InChI=1S/C12H13Cl2N3O3S/c1-2-6-17-11(15-16-12(17)21(14,18)19)8-20-10-5-3-4-9(13)7-10/h3-5,7H,2,6,8H2,1H3. The molecular weight excluding hydrogens is 337 g/mol. The number of rotatable bonds is 6. The Labute approximate surface area is 132 Å². The maximum absolute atomic E-state index is 11.4. The molecule has 0 aliphatic rings. The van der Waals surface area contributed by atoms with E-state index >= 15 is 0 Å². The average molecular weight is 350 g/mol. The Balaban J connectivity index is 2.22. The normalized spacial score (nSPS) is 11.6. The molecule has 1 heterocycles. The third-order valence-electron chi connectivity index (χ3n) is 2.62. The van der Waals surface area contributed by atoms with Gasteiger partial charge >= 0.3 is 0 Å². The molecule has 0 saturated carbocycles. The van der Waals surface area contributed by atoms with Crippen LogP contribution in [0.3, 0.4) is 0 Å². The molecule has 1 aromatic carbocycles. The van der Waals surface area contributed by atoms with Crippen LogP contribution in [0.5, 0.6) is 5.75 Å². The molecule has 2 aromatic rings. The Morgan fingerprint density at radius 3 is 2.71 bits per heavy atom. The SMILES string of the molecule is CCCn1c(COc2cccc(Cl)c2)nnc1S(=O)(=O)Cl. The van der Waals surface area contributed by atoms with Crippen molar-refractivity contribution in [2.24, 2.45) is 0 Å². The highest BCUT2D eigenvalue weighted by Crippen LogP contribution is 2.19. The summed E-state index contributed by atoms with van der Waals surface area (Å²) < 4.78 is 29.9. The lowest BCUT2D eigenvalue weighted by Gasteiger charge is -2.09. The molecule has 2 rings (SSSR count). The molecule has 0 amide bonds. The molecule has 9 heteroatoms. The molecular formula is C12H13Cl2N3O3S.